The van der Waals surface area contributed by atoms with Gasteiger partial charge >= 0.3 is 0 Å². The van der Waals surface area contributed by atoms with Crippen molar-refractivity contribution in [2.75, 3.05) is 7.05 Å². The van der Waals surface area contributed by atoms with Crippen molar-refractivity contribution in [3.8, 4) is 0 Å². The van der Waals surface area contributed by atoms with Crippen LogP contribution >= 0.6 is 15.9 Å². The molecule has 0 N–H and O–H groups in total. The Balaban J connectivity index is 1.83. The lowest BCUT2D eigenvalue weighted by atomic mass is 9.96. The van der Waals surface area contributed by atoms with Crippen molar-refractivity contribution < 1.29 is 4.79 Å². The van der Waals surface area contributed by atoms with Crippen LogP contribution in [0.2, 0.25) is 0 Å². The molecule has 1 amide bonds. The summed E-state index contributed by atoms with van der Waals surface area (Å²) in [7, 11) is 1.92. The van der Waals surface area contributed by atoms with Crippen molar-refractivity contribution in [3.63, 3.8) is 0 Å². The first-order chi connectivity index (χ1) is 9.65. The third kappa shape index (κ3) is 4.93. The molecule has 1 aromatic rings. The Morgan fingerprint density at radius 2 is 1.75 bits per heavy atom. The second-order valence-corrected chi connectivity index (χ2v) is 6.85. The van der Waals surface area contributed by atoms with Crippen molar-refractivity contribution in [1.82, 2.24) is 4.90 Å². The first-order valence-corrected chi connectivity index (χ1v) is 8.43. The summed E-state index contributed by atoms with van der Waals surface area (Å²) in [5.74, 6) is 0.900. The van der Waals surface area contributed by atoms with Crippen molar-refractivity contribution >= 4 is 21.8 Å². The molecular formula is C17H24BrNO. The number of carbonyl (C=O) groups is 1. The van der Waals surface area contributed by atoms with Gasteiger partial charge in [-0.05, 0) is 36.5 Å². The topological polar surface area (TPSA) is 20.3 Å². The maximum atomic E-state index is 12.3. The van der Waals surface area contributed by atoms with Gasteiger partial charge in [-0.15, -0.1) is 0 Å². The monoisotopic (exact) mass is 337 g/mol. The van der Waals surface area contributed by atoms with Gasteiger partial charge in [0.15, 0.2) is 0 Å². The standard InChI is InChI=1S/C17H24BrNO/c1-19(13-15-8-10-16(18)11-9-15)17(20)12-14-6-4-2-3-5-7-14/h8-11,14H,2-7,12-13H2,1H3. The van der Waals surface area contributed by atoms with E-state index in [0.717, 1.165) is 10.9 Å². The summed E-state index contributed by atoms with van der Waals surface area (Å²) in [4.78, 5) is 14.2. The molecular weight excluding hydrogens is 314 g/mol. The van der Waals surface area contributed by atoms with Gasteiger partial charge in [0.2, 0.25) is 5.91 Å². The molecule has 1 aliphatic carbocycles. The van der Waals surface area contributed by atoms with Gasteiger partial charge in [0.25, 0.3) is 0 Å². The second-order valence-electron chi connectivity index (χ2n) is 5.94. The van der Waals surface area contributed by atoms with Gasteiger partial charge in [-0.3, -0.25) is 4.79 Å². The number of carbonyl (C=O) groups excluding carboxylic acids is 1. The lowest BCUT2D eigenvalue weighted by molar-refractivity contribution is -0.131. The summed E-state index contributed by atoms with van der Waals surface area (Å²) in [5.41, 5.74) is 1.19. The van der Waals surface area contributed by atoms with E-state index >= 15 is 0 Å². The number of benzene rings is 1. The fraction of sp³-hybridized carbons (Fsp3) is 0.588. The molecule has 2 rings (SSSR count). The molecule has 20 heavy (non-hydrogen) atoms. The average molecular weight is 338 g/mol. The highest BCUT2D eigenvalue weighted by Crippen LogP contribution is 2.26. The highest BCUT2D eigenvalue weighted by Gasteiger charge is 2.18. The predicted octanol–water partition coefficient (Wildman–Crippen LogP) is 4.77. The molecule has 3 heteroatoms. The van der Waals surface area contributed by atoms with Crippen LogP contribution in [0.25, 0.3) is 0 Å². The minimum atomic E-state index is 0.291. The van der Waals surface area contributed by atoms with Crippen molar-refractivity contribution in [2.24, 2.45) is 5.92 Å². The van der Waals surface area contributed by atoms with Crippen molar-refractivity contribution in [3.05, 3.63) is 34.3 Å². The van der Waals surface area contributed by atoms with E-state index < -0.39 is 0 Å². The molecule has 2 nitrogen and oxygen atoms in total. The first kappa shape index (κ1) is 15.6. The summed E-state index contributed by atoms with van der Waals surface area (Å²) >= 11 is 3.43. The summed E-state index contributed by atoms with van der Waals surface area (Å²) in [5, 5.41) is 0. The zero-order valence-corrected chi connectivity index (χ0v) is 13.9. The molecule has 1 aliphatic rings. The van der Waals surface area contributed by atoms with Crippen LogP contribution in [-0.2, 0) is 11.3 Å². The molecule has 0 saturated heterocycles. The van der Waals surface area contributed by atoms with E-state index in [0.29, 0.717) is 18.4 Å². The molecule has 0 radical (unpaired) electrons. The molecule has 0 aromatic heterocycles. The van der Waals surface area contributed by atoms with Crippen molar-refractivity contribution in [2.45, 2.75) is 51.5 Å². The zero-order valence-electron chi connectivity index (χ0n) is 12.3. The quantitative estimate of drug-likeness (QED) is 0.724. The van der Waals surface area contributed by atoms with E-state index in [-0.39, 0.29) is 0 Å². The average Bonchev–Trinajstić information content (AvgIpc) is 2.70. The predicted molar refractivity (Wildman–Crippen MR) is 86.4 cm³/mol. The molecule has 1 saturated carbocycles. The number of nitrogens with zero attached hydrogens (tertiary/aromatic N) is 1. The normalized spacial score (nSPS) is 16.7. The van der Waals surface area contributed by atoms with Crippen LogP contribution in [0.4, 0.5) is 0 Å². The number of amides is 1. The Morgan fingerprint density at radius 1 is 1.15 bits per heavy atom. The molecule has 0 heterocycles. The zero-order chi connectivity index (χ0) is 14.4. The summed E-state index contributed by atoms with van der Waals surface area (Å²) in [6.45, 7) is 0.707. The highest BCUT2D eigenvalue weighted by molar-refractivity contribution is 9.10. The Kier molecular flexibility index (Phi) is 6.08. The van der Waals surface area contributed by atoms with Gasteiger partial charge in [-0.2, -0.15) is 0 Å². The minimum absolute atomic E-state index is 0.291. The van der Waals surface area contributed by atoms with E-state index in [4.69, 9.17) is 0 Å². The first-order valence-electron chi connectivity index (χ1n) is 7.63. The molecule has 1 aromatic carbocycles. The fourth-order valence-electron chi connectivity index (χ4n) is 2.92. The Bertz CT molecular complexity index is 421. The van der Waals surface area contributed by atoms with E-state index in [2.05, 4.69) is 28.1 Å². The third-order valence-electron chi connectivity index (χ3n) is 4.20. The maximum Gasteiger partial charge on any atom is 0.222 e. The molecule has 0 unspecified atom stereocenters. The molecule has 0 spiro atoms. The highest BCUT2D eigenvalue weighted by atomic mass is 79.9. The van der Waals surface area contributed by atoms with Crippen LogP contribution in [0.1, 0.15) is 50.5 Å². The number of rotatable bonds is 4. The number of halogens is 1. The molecule has 0 aliphatic heterocycles. The Hall–Kier alpha value is -0.830. The van der Waals surface area contributed by atoms with Gasteiger partial charge in [-0.1, -0.05) is 53.7 Å². The summed E-state index contributed by atoms with van der Waals surface area (Å²) < 4.78 is 1.08. The van der Waals surface area contributed by atoms with Crippen LogP contribution in [0.5, 0.6) is 0 Å². The fourth-order valence-corrected chi connectivity index (χ4v) is 3.19. The number of hydrogen-bond donors (Lipinski definition) is 0. The van der Waals surface area contributed by atoms with E-state index in [1.807, 2.05) is 24.1 Å². The van der Waals surface area contributed by atoms with Gasteiger partial charge in [-0.25, -0.2) is 0 Å². The maximum absolute atomic E-state index is 12.3. The third-order valence-corrected chi connectivity index (χ3v) is 4.73. The minimum Gasteiger partial charge on any atom is -0.341 e. The number of hydrogen-bond acceptors (Lipinski definition) is 1. The Morgan fingerprint density at radius 3 is 2.35 bits per heavy atom. The van der Waals surface area contributed by atoms with Gasteiger partial charge in [0.05, 0.1) is 0 Å². The van der Waals surface area contributed by atoms with E-state index in [1.54, 1.807) is 0 Å². The van der Waals surface area contributed by atoms with Crippen LogP contribution in [0, 0.1) is 5.92 Å². The van der Waals surface area contributed by atoms with E-state index in [1.165, 1.54) is 44.1 Å². The molecule has 0 bridgehead atoms. The summed E-state index contributed by atoms with van der Waals surface area (Å²) in [6, 6.07) is 8.19. The van der Waals surface area contributed by atoms with E-state index in [9.17, 15) is 4.79 Å². The second kappa shape index (κ2) is 7.82. The van der Waals surface area contributed by atoms with Crippen LogP contribution in [-0.4, -0.2) is 17.9 Å². The lowest BCUT2D eigenvalue weighted by Gasteiger charge is -2.21. The van der Waals surface area contributed by atoms with Gasteiger partial charge in [0, 0.05) is 24.5 Å². The van der Waals surface area contributed by atoms with Gasteiger partial charge in [0.1, 0.15) is 0 Å². The van der Waals surface area contributed by atoms with Crippen molar-refractivity contribution in [1.29, 1.82) is 0 Å². The molecule has 1 fully saturated rings. The Labute approximate surface area is 130 Å². The van der Waals surface area contributed by atoms with Crippen LogP contribution in [0.3, 0.4) is 0 Å². The van der Waals surface area contributed by atoms with Gasteiger partial charge < -0.3 is 4.90 Å². The lowest BCUT2D eigenvalue weighted by Crippen LogP contribution is -2.28. The SMILES string of the molecule is CN(Cc1ccc(Br)cc1)C(=O)CC1CCCCCC1. The largest absolute Gasteiger partial charge is 0.341 e. The summed E-state index contributed by atoms with van der Waals surface area (Å²) in [6.07, 6.45) is 8.49. The smallest absolute Gasteiger partial charge is 0.222 e. The molecule has 0 atom stereocenters. The van der Waals surface area contributed by atoms with Crippen LogP contribution in [0.15, 0.2) is 28.7 Å². The van der Waals surface area contributed by atoms with Crippen LogP contribution < -0.4 is 0 Å². The molecule has 110 valence electrons.